The second-order valence-electron chi connectivity index (χ2n) is 4.83. The quantitative estimate of drug-likeness (QED) is 0.519. The minimum Gasteiger partial charge on any atom is -0.490 e. The minimum absolute atomic E-state index is 0.0525. The number of carbonyl (C=O) groups is 1. The van der Waals surface area contributed by atoms with Gasteiger partial charge >= 0.3 is 0 Å². The Morgan fingerprint density at radius 2 is 1.95 bits per heavy atom. The number of thioether (sulfide) groups is 1. The van der Waals surface area contributed by atoms with Crippen LogP contribution in [-0.2, 0) is 0 Å². The topological polar surface area (TPSA) is 26.3 Å². The number of carbonyl (C=O) groups excluding carboxylic acids is 1. The fourth-order valence-electron chi connectivity index (χ4n) is 1.84. The van der Waals surface area contributed by atoms with E-state index >= 15 is 0 Å². The fourth-order valence-corrected chi connectivity index (χ4v) is 3.23. The van der Waals surface area contributed by atoms with Crippen LogP contribution >= 0.6 is 27.7 Å². The zero-order valence-corrected chi connectivity index (χ0v) is 14.4. The molecule has 2 aromatic rings. The molecular formula is C17H17BrO2S. The van der Waals surface area contributed by atoms with E-state index in [1.165, 1.54) is 11.8 Å². The van der Waals surface area contributed by atoms with E-state index < -0.39 is 0 Å². The van der Waals surface area contributed by atoms with E-state index in [1.807, 2.05) is 62.4 Å². The maximum Gasteiger partial charge on any atom is 0.176 e. The Morgan fingerprint density at radius 1 is 1.19 bits per heavy atom. The van der Waals surface area contributed by atoms with Crippen LogP contribution in [0, 0.1) is 0 Å². The first-order valence-electron chi connectivity index (χ1n) is 6.73. The first-order valence-corrected chi connectivity index (χ1v) is 8.51. The van der Waals surface area contributed by atoms with Gasteiger partial charge in [0.2, 0.25) is 0 Å². The van der Waals surface area contributed by atoms with E-state index in [-0.39, 0.29) is 11.9 Å². The van der Waals surface area contributed by atoms with Crippen molar-refractivity contribution in [3.63, 3.8) is 0 Å². The van der Waals surface area contributed by atoms with Gasteiger partial charge in [0.25, 0.3) is 0 Å². The van der Waals surface area contributed by atoms with Crippen molar-refractivity contribution >= 4 is 33.5 Å². The number of rotatable bonds is 6. The molecule has 0 heterocycles. The molecule has 2 nitrogen and oxygen atoms in total. The maximum atomic E-state index is 12.4. The summed E-state index contributed by atoms with van der Waals surface area (Å²) < 4.78 is 6.72. The van der Waals surface area contributed by atoms with Crippen molar-refractivity contribution in [1.82, 2.24) is 0 Å². The van der Waals surface area contributed by atoms with Crippen molar-refractivity contribution in [3.8, 4) is 5.75 Å². The van der Waals surface area contributed by atoms with E-state index in [2.05, 4.69) is 15.9 Å². The van der Waals surface area contributed by atoms with E-state index in [4.69, 9.17) is 4.74 Å². The maximum absolute atomic E-state index is 12.4. The summed E-state index contributed by atoms with van der Waals surface area (Å²) in [6.45, 7) is 3.91. The monoisotopic (exact) mass is 364 g/mol. The number of Topliss-reactive ketones (excluding diaryl/α,β-unsaturated/α-hetero) is 1. The van der Waals surface area contributed by atoms with Crippen LogP contribution < -0.4 is 4.74 Å². The van der Waals surface area contributed by atoms with Gasteiger partial charge in [0, 0.05) is 9.37 Å². The van der Waals surface area contributed by atoms with Crippen molar-refractivity contribution in [1.29, 1.82) is 0 Å². The molecule has 0 aliphatic rings. The SMILES string of the molecule is CC(C)Oc1ccccc1C(=O)CSc1cccc(Br)c1. The summed E-state index contributed by atoms with van der Waals surface area (Å²) in [5.74, 6) is 1.14. The van der Waals surface area contributed by atoms with Crippen LogP contribution in [0.4, 0.5) is 0 Å². The first kappa shape index (κ1) is 16.1. The Hall–Kier alpha value is -1.26. The largest absolute Gasteiger partial charge is 0.490 e. The summed E-state index contributed by atoms with van der Waals surface area (Å²) in [5.41, 5.74) is 0.647. The zero-order chi connectivity index (χ0) is 15.2. The molecule has 0 aromatic heterocycles. The molecule has 0 unspecified atom stereocenters. The number of halogens is 1. The van der Waals surface area contributed by atoms with Gasteiger partial charge in [-0.1, -0.05) is 34.1 Å². The van der Waals surface area contributed by atoms with E-state index in [9.17, 15) is 4.79 Å². The molecule has 0 atom stereocenters. The van der Waals surface area contributed by atoms with E-state index in [1.54, 1.807) is 0 Å². The highest BCUT2D eigenvalue weighted by molar-refractivity contribution is 9.10. The third kappa shape index (κ3) is 4.90. The van der Waals surface area contributed by atoms with Crippen LogP contribution in [0.1, 0.15) is 24.2 Å². The highest BCUT2D eigenvalue weighted by Crippen LogP contribution is 2.25. The summed E-state index contributed by atoms with van der Waals surface area (Å²) in [6, 6.07) is 15.4. The van der Waals surface area contributed by atoms with Gasteiger partial charge in [0.1, 0.15) is 5.75 Å². The van der Waals surface area contributed by atoms with Crippen LogP contribution in [0.3, 0.4) is 0 Å². The van der Waals surface area contributed by atoms with Crippen LogP contribution in [0.2, 0.25) is 0 Å². The minimum atomic E-state index is 0.0525. The molecular weight excluding hydrogens is 348 g/mol. The highest BCUT2D eigenvalue weighted by Gasteiger charge is 2.13. The predicted molar refractivity (Wildman–Crippen MR) is 91.4 cm³/mol. The molecule has 0 aliphatic carbocycles. The smallest absolute Gasteiger partial charge is 0.176 e. The van der Waals surface area contributed by atoms with Gasteiger partial charge < -0.3 is 4.74 Å². The lowest BCUT2D eigenvalue weighted by Crippen LogP contribution is -2.11. The van der Waals surface area contributed by atoms with Crippen molar-refractivity contribution in [2.24, 2.45) is 0 Å². The van der Waals surface area contributed by atoms with Gasteiger partial charge in [-0.2, -0.15) is 0 Å². The van der Waals surface area contributed by atoms with Crippen molar-refractivity contribution in [3.05, 3.63) is 58.6 Å². The van der Waals surface area contributed by atoms with Gasteiger partial charge in [-0.3, -0.25) is 4.79 Å². The Labute approximate surface area is 138 Å². The van der Waals surface area contributed by atoms with Crippen LogP contribution in [0.15, 0.2) is 57.9 Å². The summed E-state index contributed by atoms with van der Waals surface area (Å²) in [4.78, 5) is 13.5. The Bertz CT molecular complexity index is 626. The van der Waals surface area contributed by atoms with E-state index in [0.717, 1.165) is 9.37 Å². The second kappa shape index (κ2) is 7.66. The van der Waals surface area contributed by atoms with Gasteiger partial charge in [0.05, 0.1) is 17.4 Å². The van der Waals surface area contributed by atoms with Gasteiger partial charge in [-0.25, -0.2) is 0 Å². The third-order valence-electron chi connectivity index (χ3n) is 2.72. The van der Waals surface area contributed by atoms with Gasteiger partial charge in [-0.05, 0) is 44.2 Å². The lowest BCUT2D eigenvalue weighted by atomic mass is 10.1. The number of para-hydroxylation sites is 1. The molecule has 0 N–H and O–H groups in total. The molecule has 2 rings (SSSR count). The normalized spacial score (nSPS) is 10.7. The number of hydrogen-bond donors (Lipinski definition) is 0. The first-order chi connectivity index (χ1) is 10.1. The Balaban J connectivity index is 2.07. The molecule has 0 amide bonds. The number of ether oxygens (including phenoxy) is 1. The molecule has 0 saturated carbocycles. The highest BCUT2D eigenvalue weighted by atomic mass is 79.9. The standard InChI is InChI=1S/C17H17BrO2S/c1-12(2)20-17-9-4-3-8-15(17)16(19)11-21-14-7-5-6-13(18)10-14/h3-10,12H,11H2,1-2H3. The molecule has 0 aliphatic heterocycles. The molecule has 0 saturated heterocycles. The van der Waals surface area contributed by atoms with Crippen LogP contribution in [-0.4, -0.2) is 17.6 Å². The summed E-state index contributed by atoms with van der Waals surface area (Å²) in [6.07, 6.45) is 0.0525. The zero-order valence-electron chi connectivity index (χ0n) is 12.0. The van der Waals surface area contributed by atoms with Crippen LogP contribution in [0.5, 0.6) is 5.75 Å². The van der Waals surface area contributed by atoms with Crippen LogP contribution in [0.25, 0.3) is 0 Å². The fraction of sp³-hybridized carbons (Fsp3) is 0.235. The number of hydrogen-bond acceptors (Lipinski definition) is 3. The average Bonchev–Trinajstić information content (AvgIpc) is 2.45. The number of benzene rings is 2. The Morgan fingerprint density at radius 3 is 2.67 bits per heavy atom. The Kier molecular flexibility index (Phi) is 5.88. The molecule has 4 heteroatoms. The third-order valence-corrected chi connectivity index (χ3v) is 4.20. The van der Waals surface area contributed by atoms with Crippen molar-refractivity contribution < 1.29 is 9.53 Å². The molecule has 0 bridgehead atoms. The van der Waals surface area contributed by atoms with Gasteiger partial charge in [-0.15, -0.1) is 11.8 Å². The van der Waals surface area contributed by atoms with Crippen molar-refractivity contribution in [2.45, 2.75) is 24.8 Å². The summed E-state index contributed by atoms with van der Waals surface area (Å²) in [7, 11) is 0. The molecule has 0 spiro atoms. The molecule has 0 fully saturated rings. The average molecular weight is 365 g/mol. The molecule has 2 aromatic carbocycles. The van der Waals surface area contributed by atoms with E-state index in [0.29, 0.717) is 17.1 Å². The second-order valence-corrected chi connectivity index (χ2v) is 6.80. The molecule has 0 radical (unpaired) electrons. The molecule has 110 valence electrons. The number of ketones is 1. The lowest BCUT2D eigenvalue weighted by molar-refractivity contribution is 0.101. The lowest BCUT2D eigenvalue weighted by Gasteiger charge is -2.13. The van der Waals surface area contributed by atoms with Crippen molar-refractivity contribution in [2.75, 3.05) is 5.75 Å². The molecule has 21 heavy (non-hydrogen) atoms. The summed E-state index contributed by atoms with van der Waals surface area (Å²) >= 11 is 4.96. The van der Waals surface area contributed by atoms with Gasteiger partial charge in [0.15, 0.2) is 5.78 Å². The summed E-state index contributed by atoms with van der Waals surface area (Å²) in [5, 5.41) is 0. The predicted octanol–water partition coefficient (Wildman–Crippen LogP) is 5.21.